The van der Waals surface area contributed by atoms with E-state index in [9.17, 15) is 0 Å². The molecule has 3 aliphatic rings. The molecule has 2 heteroatoms. The smallest absolute Gasteiger partial charge is 0.0726 e. The van der Waals surface area contributed by atoms with Gasteiger partial charge in [0, 0.05) is 38.8 Å². The molecule has 1 unspecified atom stereocenters. The van der Waals surface area contributed by atoms with Gasteiger partial charge in [-0.05, 0) is 155 Å². The van der Waals surface area contributed by atoms with Crippen molar-refractivity contribution in [3.63, 3.8) is 0 Å². The molecule has 16 rings (SSSR count). The van der Waals surface area contributed by atoms with Crippen molar-refractivity contribution < 1.29 is 0 Å². The predicted molar refractivity (Wildman–Crippen MR) is 326 cm³/mol. The summed E-state index contributed by atoms with van der Waals surface area (Å²) in [6.07, 6.45) is 0. The van der Waals surface area contributed by atoms with Crippen LogP contribution in [0.3, 0.4) is 0 Å². The summed E-state index contributed by atoms with van der Waals surface area (Å²) in [6, 6.07) is 104. The maximum Gasteiger partial charge on any atom is 0.0726 e. The van der Waals surface area contributed by atoms with Crippen LogP contribution in [0.1, 0.15) is 47.2 Å². The highest BCUT2D eigenvalue weighted by atomic mass is 15.1. The molecule has 0 N–H and O–H groups in total. The third kappa shape index (κ3) is 6.26. The minimum Gasteiger partial charge on any atom is -0.310 e. The SMILES string of the molecule is CC1(C)c2ccccc2-c2ccc(N(c3ccc(-c4ccccc4)cc3)c3ccc(-c4ccc5c(c4)c4ccccc4n5-c4cccc5c4-c4ccccc4C54c5ccccc5-c5c(-c6ccccc6)cccc54)cc3)cc21. The number of nitrogens with zero attached hydrogens (tertiary/aromatic N) is 2. The minimum absolute atomic E-state index is 0.120. The second-order valence-corrected chi connectivity index (χ2v) is 21.9. The average molecular weight is 993 g/mol. The fourth-order valence-electron chi connectivity index (χ4n) is 14.2. The van der Waals surface area contributed by atoms with Crippen molar-refractivity contribution in [1.82, 2.24) is 4.57 Å². The van der Waals surface area contributed by atoms with E-state index < -0.39 is 5.41 Å². The van der Waals surface area contributed by atoms with Gasteiger partial charge in [-0.3, -0.25) is 0 Å². The zero-order chi connectivity index (χ0) is 51.7. The molecule has 0 saturated heterocycles. The molecule has 366 valence electrons. The molecule has 0 amide bonds. The van der Waals surface area contributed by atoms with Gasteiger partial charge >= 0.3 is 0 Å². The standard InChI is InChI=1S/C76H52N2/c1-75(2)64-28-13-9-23-58(64)59-45-44-56(48-69(59)75)77(54-40-35-50(36-41-54)49-19-5-3-6-20-49)55-42-37-51(38-43-55)53-39-46-71-63(47-53)60-24-12-16-33-70(60)78(71)72-34-18-32-68-74(72)62-26-11-15-30-66(62)76(68)65-29-14-10-25-61(65)73-57(27-17-31-67(73)76)52-21-7-4-8-22-52/h3-48H,1-2H3. The molecular weight excluding hydrogens is 941 g/mol. The minimum atomic E-state index is -0.485. The molecule has 1 heterocycles. The van der Waals surface area contributed by atoms with Crippen molar-refractivity contribution in [2.45, 2.75) is 24.7 Å². The van der Waals surface area contributed by atoms with E-state index in [1.165, 1.54) is 128 Å². The van der Waals surface area contributed by atoms with E-state index in [0.29, 0.717) is 0 Å². The fourth-order valence-corrected chi connectivity index (χ4v) is 14.2. The summed E-state index contributed by atoms with van der Waals surface area (Å²) in [5.41, 5.74) is 29.6. The first-order valence-corrected chi connectivity index (χ1v) is 27.3. The zero-order valence-corrected chi connectivity index (χ0v) is 43.5. The first-order chi connectivity index (χ1) is 38.5. The zero-order valence-electron chi connectivity index (χ0n) is 43.5. The molecule has 78 heavy (non-hydrogen) atoms. The summed E-state index contributed by atoms with van der Waals surface area (Å²) in [4.78, 5) is 2.42. The van der Waals surface area contributed by atoms with Gasteiger partial charge in [-0.1, -0.05) is 232 Å². The highest BCUT2D eigenvalue weighted by Crippen LogP contribution is 2.65. The molecule has 1 atom stereocenters. The van der Waals surface area contributed by atoms with E-state index in [1.54, 1.807) is 0 Å². The molecule has 1 aromatic heterocycles. The Labute approximate surface area is 455 Å². The summed E-state index contributed by atoms with van der Waals surface area (Å²) in [5.74, 6) is 0. The van der Waals surface area contributed by atoms with E-state index >= 15 is 0 Å². The number of rotatable bonds is 7. The van der Waals surface area contributed by atoms with Crippen LogP contribution < -0.4 is 4.90 Å². The molecule has 0 saturated carbocycles. The topological polar surface area (TPSA) is 8.17 Å². The van der Waals surface area contributed by atoms with Gasteiger partial charge < -0.3 is 9.47 Å². The third-order valence-electron chi connectivity index (χ3n) is 17.6. The summed E-state index contributed by atoms with van der Waals surface area (Å²) in [6.45, 7) is 4.72. The van der Waals surface area contributed by atoms with Crippen LogP contribution in [0, 0.1) is 0 Å². The van der Waals surface area contributed by atoms with Gasteiger partial charge in [-0.2, -0.15) is 0 Å². The maximum atomic E-state index is 2.53. The number of hydrogen-bond donors (Lipinski definition) is 0. The van der Waals surface area contributed by atoms with Gasteiger partial charge in [0.15, 0.2) is 0 Å². The first kappa shape index (κ1) is 44.5. The second kappa shape index (κ2) is 16.9. The average Bonchev–Trinajstić information content (AvgIpc) is 4.28. The Hall–Kier alpha value is -9.76. The number of aromatic nitrogens is 1. The lowest BCUT2D eigenvalue weighted by molar-refractivity contribution is 0.660. The Morgan fingerprint density at radius 1 is 0.282 bits per heavy atom. The summed E-state index contributed by atoms with van der Waals surface area (Å²) < 4.78 is 2.53. The van der Waals surface area contributed by atoms with Crippen molar-refractivity contribution >= 4 is 38.9 Å². The maximum absolute atomic E-state index is 2.53. The van der Waals surface area contributed by atoms with Crippen LogP contribution in [0.5, 0.6) is 0 Å². The first-order valence-electron chi connectivity index (χ1n) is 27.3. The van der Waals surface area contributed by atoms with Crippen LogP contribution >= 0.6 is 0 Å². The van der Waals surface area contributed by atoms with Crippen LogP contribution in [-0.2, 0) is 10.8 Å². The molecule has 13 aromatic rings. The van der Waals surface area contributed by atoms with Crippen molar-refractivity contribution in [3.05, 3.63) is 312 Å². The quantitative estimate of drug-likeness (QED) is 0.154. The number of hydrogen-bond acceptors (Lipinski definition) is 1. The van der Waals surface area contributed by atoms with E-state index in [0.717, 1.165) is 17.1 Å². The van der Waals surface area contributed by atoms with Gasteiger partial charge in [0.25, 0.3) is 0 Å². The molecule has 12 aromatic carbocycles. The summed E-state index contributed by atoms with van der Waals surface area (Å²) >= 11 is 0. The fraction of sp³-hybridized carbons (Fsp3) is 0.0526. The third-order valence-corrected chi connectivity index (χ3v) is 17.6. The van der Waals surface area contributed by atoms with E-state index in [1.807, 2.05) is 0 Å². The Kier molecular flexibility index (Phi) is 9.63. The number of benzene rings is 12. The van der Waals surface area contributed by atoms with Crippen LogP contribution in [0.2, 0.25) is 0 Å². The number of fused-ring (bicyclic) bond motifs is 16. The molecule has 0 fully saturated rings. The lowest BCUT2D eigenvalue weighted by Gasteiger charge is -2.30. The van der Waals surface area contributed by atoms with Crippen LogP contribution in [0.25, 0.3) is 94.3 Å². The number of para-hydroxylation sites is 1. The van der Waals surface area contributed by atoms with Crippen LogP contribution in [-0.4, -0.2) is 4.57 Å². The van der Waals surface area contributed by atoms with Gasteiger partial charge in [0.2, 0.25) is 0 Å². The largest absolute Gasteiger partial charge is 0.310 e. The van der Waals surface area contributed by atoms with Crippen LogP contribution in [0.4, 0.5) is 17.1 Å². The Balaban J connectivity index is 0.824. The Bertz CT molecular complexity index is 4560. The molecule has 0 aliphatic heterocycles. The highest BCUT2D eigenvalue weighted by molar-refractivity contribution is 6.12. The van der Waals surface area contributed by atoms with E-state index in [-0.39, 0.29) is 5.41 Å². The van der Waals surface area contributed by atoms with Crippen molar-refractivity contribution in [2.75, 3.05) is 4.90 Å². The predicted octanol–water partition coefficient (Wildman–Crippen LogP) is 19.9. The molecular formula is C76H52N2. The Morgan fingerprint density at radius 2 is 0.756 bits per heavy atom. The summed E-state index contributed by atoms with van der Waals surface area (Å²) in [7, 11) is 0. The van der Waals surface area contributed by atoms with E-state index in [4.69, 9.17) is 0 Å². The second-order valence-electron chi connectivity index (χ2n) is 21.9. The molecule has 3 aliphatic carbocycles. The summed E-state index contributed by atoms with van der Waals surface area (Å²) in [5, 5.41) is 2.47. The van der Waals surface area contributed by atoms with Gasteiger partial charge in [-0.25, -0.2) is 0 Å². The lowest BCUT2D eigenvalue weighted by atomic mass is 9.70. The van der Waals surface area contributed by atoms with Gasteiger partial charge in [-0.15, -0.1) is 0 Å². The van der Waals surface area contributed by atoms with Gasteiger partial charge in [0.1, 0.15) is 0 Å². The molecule has 1 spiro atoms. The van der Waals surface area contributed by atoms with Gasteiger partial charge in [0.05, 0.1) is 22.1 Å². The van der Waals surface area contributed by atoms with Crippen molar-refractivity contribution in [3.8, 4) is 72.4 Å². The van der Waals surface area contributed by atoms with Crippen molar-refractivity contribution in [2.24, 2.45) is 0 Å². The molecule has 0 radical (unpaired) electrons. The lowest BCUT2D eigenvalue weighted by Crippen LogP contribution is -2.25. The molecule has 2 nitrogen and oxygen atoms in total. The molecule has 0 bridgehead atoms. The normalized spacial score (nSPS) is 14.9. The monoisotopic (exact) mass is 992 g/mol. The van der Waals surface area contributed by atoms with E-state index in [2.05, 4.69) is 302 Å². The Morgan fingerprint density at radius 3 is 1.46 bits per heavy atom. The van der Waals surface area contributed by atoms with Crippen LogP contribution in [0.15, 0.2) is 279 Å². The highest BCUT2D eigenvalue weighted by Gasteiger charge is 2.53. The van der Waals surface area contributed by atoms with Crippen molar-refractivity contribution in [1.29, 1.82) is 0 Å². The number of anilines is 3.